The van der Waals surface area contributed by atoms with Crippen molar-refractivity contribution in [3.05, 3.63) is 58.1 Å². The van der Waals surface area contributed by atoms with E-state index in [4.69, 9.17) is 0 Å². The molecule has 1 aromatic heterocycles. The number of nitrogens with zero attached hydrogens (tertiary/aromatic N) is 2. The summed E-state index contributed by atoms with van der Waals surface area (Å²) in [5, 5.41) is 2.95. The first-order chi connectivity index (χ1) is 9.54. The summed E-state index contributed by atoms with van der Waals surface area (Å²) in [6.45, 7) is 3.75. The Morgan fingerprint density at radius 3 is 2.65 bits per heavy atom. The number of amides is 1. The first-order valence-corrected chi connectivity index (χ1v) is 7.19. The molecule has 0 aliphatic rings. The van der Waals surface area contributed by atoms with E-state index in [1.54, 1.807) is 19.2 Å². The highest BCUT2D eigenvalue weighted by Gasteiger charge is 2.11. The lowest BCUT2D eigenvalue weighted by atomic mass is 10.1. The molecule has 2 aromatic rings. The summed E-state index contributed by atoms with van der Waals surface area (Å²) >= 11 is 3.41. The van der Waals surface area contributed by atoms with Crippen molar-refractivity contribution >= 4 is 21.8 Å². The second-order valence-corrected chi connectivity index (χ2v) is 5.61. The van der Waals surface area contributed by atoms with Crippen molar-refractivity contribution in [1.29, 1.82) is 0 Å². The van der Waals surface area contributed by atoms with Gasteiger partial charge < -0.3 is 5.32 Å². The van der Waals surface area contributed by atoms with Gasteiger partial charge in [0.05, 0.1) is 0 Å². The number of hydrogen-bond acceptors (Lipinski definition) is 3. The maximum atomic E-state index is 12.0. The van der Waals surface area contributed by atoms with Gasteiger partial charge in [-0.25, -0.2) is 9.97 Å². The third kappa shape index (κ3) is 4.13. The number of nitrogens with one attached hydrogen (secondary N) is 1. The molecule has 0 aliphatic carbocycles. The van der Waals surface area contributed by atoms with Gasteiger partial charge in [-0.3, -0.25) is 4.79 Å². The molecule has 20 heavy (non-hydrogen) atoms. The van der Waals surface area contributed by atoms with Gasteiger partial charge in [0.2, 0.25) is 0 Å². The van der Waals surface area contributed by atoms with Crippen molar-refractivity contribution in [1.82, 2.24) is 15.3 Å². The number of rotatable bonds is 4. The lowest BCUT2D eigenvalue weighted by Crippen LogP contribution is -2.34. The van der Waals surface area contributed by atoms with Gasteiger partial charge in [0.15, 0.2) is 0 Å². The Morgan fingerprint density at radius 1 is 1.30 bits per heavy atom. The van der Waals surface area contributed by atoms with Crippen molar-refractivity contribution in [3.63, 3.8) is 0 Å². The zero-order valence-corrected chi connectivity index (χ0v) is 13.0. The molecule has 1 amide bonds. The molecule has 0 unspecified atom stereocenters. The van der Waals surface area contributed by atoms with Crippen LogP contribution in [0, 0.1) is 6.92 Å². The highest BCUT2D eigenvalue weighted by molar-refractivity contribution is 9.10. The minimum absolute atomic E-state index is 0.0407. The van der Waals surface area contributed by atoms with Crippen LogP contribution in [-0.2, 0) is 6.42 Å². The lowest BCUT2D eigenvalue weighted by molar-refractivity contribution is 0.0934. The molecule has 0 saturated carbocycles. The van der Waals surface area contributed by atoms with Crippen molar-refractivity contribution in [2.24, 2.45) is 0 Å². The van der Waals surface area contributed by atoms with E-state index in [-0.39, 0.29) is 11.9 Å². The Hall–Kier alpha value is -1.75. The highest BCUT2D eigenvalue weighted by atomic mass is 79.9. The number of aryl methyl sites for hydroxylation is 1. The van der Waals surface area contributed by atoms with Crippen LogP contribution in [0.25, 0.3) is 0 Å². The van der Waals surface area contributed by atoms with Crippen LogP contribution in [0.15, 0.2) is 41.0 Å². The van der Waals surface area contributed by atoms with E-state index in [1.165, 1.54) is 5.56 Å². The molecule has 1 heterocycles. The van der Waals surface area contributed by atoms with Gasteiger partial charge in [-0.2, -0.15) is 0 Å². The molecule has 2 rings (SSSR count). The summed E-state index contributed by atoms with van der Waals surface area (Å²) in [6.07, 6.45) is 2.37. The van der Waals surface area contributed by atoms with Crippen LogP contribution in [0.1, 0.15) is 28.8 Å². The van der Waals surface area contributed by atoms with Crippen LogP contribution in [0.2, 0.25) is 0 Å². The maximum Gasteiger partial charge on any atom is 0.270 e. The van der Waals surface area contributed by atoms with Gasteiger partial charge >= 0.3 is 0 Å². The second-order valence-electron chi connectivity index (χ2n) is 4.69. The van der Waals surface area contributed by atoms with Gasteiger partial charge in [-0.05, 0) is 44.0 Å². The summed E-state index contributed by atoms with van der Waals surface area (Å²) in [5.74, 6) is 0.429. The molecule has 1 aromatic carbocycles. The number of aromatic nitrogens is 2. The number of carbonyl (C=O) groups excluding carboxylic acids is 1. The van der Waals surface area contributed by atoms with E-state index in [2.05, 4.69) is 31.2 Å². The quantitative estimate of drug-likeness (QED) is 0.935. The van der Waals surface area contributed by atoms with Crippen molar-refractivity contribution < 1.29 is 4.79 Å². The fourth-order valence-electron chi connectivity index (χ4n) is 1.91. The molecule has 0 saturated heterocycles. The topological polar surface area (TPSA) is 54.9 Å². The van der Waals surface area contributed by atoms with E-state index < -0.39 is 0 Å². The predicted octanol–water partition coefficient (Wildman–Crippen LogP) is 2.91. The molecule has 0 aliphatic heterocycles. The molecular formula is C15H16BrN3O. The van der Waals surface area contributed by atoms with Gasteiger partial charge in [0.1, 0.15) is 11.5 Å². The predicted molar refractivity (Wildman–Crippen MR) is 81.5 cm³/mol. The molecule has 1 atom stereocenters. The van der Waals surface area contributed by atoms with E-state index in [1.807, 2.05) is 31.2 Å². The van der Waals surface area contributed by atoms with E-state index in [0.29, 0.717) is 11.5 Å². The van der Waals surface area contributed by atoms with E-state index in [0.717, 1.165) is 10.9 Å². The molecule has 5 heteroatoms. The fourth-order valence-corrected chi connectivity index (χ4v) is 2.17. The smallest absolute Gasteiger partial charge is 0.270 e. The van der Waals surface area contributed by atoms with Gasteiger partial charge in [0.25, 0.3) is 5.91 Å². The Bertz CT molecular complexity index is 598. The zero-order chi connectivity index (χ0) is 14.5. The Kier molecular flexibility index (Phi) is 4.84. The first-order valence-electron chi connectivity index (χ1n) is 6.39. The molecule has 0 bridgehead atoms. The molecule has 0 radical (unpaired) electrons. The van der Waals surface area contributed by atoms with Crippen LogP contribution in [0.4, 0.5) is 0 Å². The minimum Gasteiger partial charge on any atom is -0.348 e. The van der Waals surface area contributed by atoms with E-state index in [9.17, 15) is 4.79 Å². The average Bonchev–Trinajstić information content (AvgIpc) is 2.41. The number of hydrogen-bond donors (Lipinski definition) is 1. The number of halogens is 1. The van der Waals surface area contributed by atoms with E-state index >= 15 is 0 Å². The van der Waals surface area contributed by atoms with Crippen LogP contribution >= 0.6 is 15.9 Å². The first kappa shape index (κ1) is 14.7. The summed E-state index contributed by atoms with van der Waals surface area (Å²) in [4.78, 5) is 20.1. The molecular weight excluding hydrogens is 318 g/mol. The van der Waals surface area contributed by atoms with Gasteiger partial charge in [-0.15, -0.1) is 0 Å². The van der Waals surface area contributed by atoms with Crippen molar-refractivity contribution in [2.75, 3.05) is 0 Å². The van der Waals surface area contributed by atoms with Crippen LogP contribution in [0.5, 0.6) is 0 Å². The Balaban J connectivity index is 1.95. The zero-order valence-electron chi connectivity index (χ0n) is 11.4. The monoisotopic (exact) mass is 333 g/mol. The Labute approximate surface area is 126 Å². The van der Waals surface area contributed by atoms with Gasteiger partial charge in [0, 0.05) is 16.7 Å². The van der Waals surface area contributed by atoms with Crippen LogP contribution in [-0.4, -0.2) is 21.9 Å². The summed E-state index contributed by atoms with van der Waals surface area (Å²) in [6, 6.07) is 9.74. The minimum atomic E-state index is -0.167. The average molecular weight is 334 g/mol. The number of benzene rings is 1. The summed E-state index contributed by atoms with van der Waals surface area (Å²) < 4.78 is 1.05. The standard InChI is InChI=1S/C15H16BrN3O/c1-10(9-12-3-5-13(16)6-4-12)18-15(20)14-7-8-17-11(2)19-14/h3-8,10H,9H2,1-2H3,(H,18,20)/t10-/m1/s1. The lowest BCUT2D eigenvalue weighted by Gasteiger charge is -2.13. The van der Waals surface area contributed by atoms with Crippen LogP contribution < -0.4 is 5.32 Å². The van der Waals surface area contributed by atoms with Gasteiger partial charge in [-0.1, -0.05) is 28.1 Å². The third-order valence-electron chi connectivity index (χ3n) is 2.84. The SMILES string of the molecule is Cc1nccc(C(=O)N[C@H](C)Cc2ccc(Br)cc2)n1. The number of carbonyl (C=O) groups is 1. The second kappa shape index (κ2) is 6.61. The largest absolute Gasteiger partial charge is 0.348 e. The van der Waals surface area contributed by atoms with Crippen LogP contribution in [0.3, 0.4) is 0 Å². The molecule has 104 valence electrons. The highest BCUT2D eigenvalue weighted by Crippen LogP contribution is 2.12. The molecule has 4 nitrogen and oxygen atoms in total. The molecule has 1 N–H and O–H groups in total. The molecule has 0 spiro atoms. The summed E-state index contributed by atoms with van der Waals surface area (Å²) in [5.41, 5.74) is 1.58. The third-order valence-corrected chi connectivity index (χ3v) is 3.37. The summed E-state index contributed by atoms with van der Waals surface area (Å²) in [7, 11) is 0. The Morgan fingerprint density at radius 2 is 2.00 bits per heavy atom. The molecule has 0 fully saturated rings. The maximum absolute atomic E-state index is 12.0. The fraction of sp³-hybridized carbons (Fsp3) is 0.267. The normalized spacial score (nSPS) is 11.9. The van der Waals surface area contributed by atoms with Crippen molar-refractivity contribution in [2.45, 2.75) is 26.3 Å². The van der Waals surface area contributed by atoms with Crippen molar-refractivity contribution in [3.8, 4) is 0 Å².